The van der Waals surface area contributed by atoms with Crippen molar-refractivity contribution >= 4 is 11.7 Å². The first-order chi connectivity index (χ1) is 8.08. The van der Waals surface area contributed by atoms with Crippen molar-refractivity contribution in [2.75, 3.05) is 13.1 Å². The van der Waals surface area contributed by atoms with Gasteiger partial charge in [-0.05, 0) is 23.8 Å². The van der Waals surface area contributed by atoms with Gasteiger partial charge in [-0.15, -0.1) is 0 Å². The van der Waals surface area contributed by atoms with E-state index in [0.717, 1.165) is 12.8 Å². The van der Waals surface area contributed by atoms with Gasteiger partial charge in [0.25, 0.3) is 5.91 Å². The number of piperidine rings is 1. The second kappa shape index (κ2) is 4.54. The molecule has 0 saturated carbocycles. The summed E-state index contributed by atoms with van der Waals surface area (Å²) in [5.74, 6) is -0.400. The Kier molecular flexibility index (Phi) is 3.10. The molecule has 0 spiro atoms. The highest BCUT2D eigenvalue weighted by atomic mass is 16.6. The first-order valence-electron chi connectivity index (χ1n) is 5.46. The molecule has 7 heteroatoms. The molecule has 92 valence electrons. The molecule has 1 aliphatic rings. The van der Waals surface area contributed by atoms with Crippen LogP contribution in [-0.4, -0.2) is 39.8 Å². The molecule has 1 amide bonds. The van der Waals surface area contributed by atoms with Crippen LogP contribution >= 0.6 is 0 Å². The van der Waals surface area contributed by atoms with E-state index in [4.69, 9.17) is 5.73 Å². The predicted molar refractivity (Wildman–Crippen MR) is 60.6 cm³/mol. The molecule has 17 heavy (non-hydrogen) atoms. The van der Waals surface area contributed by atoms with Crippen molar-refractivity contribution in [2.45, 2.75) is 18.9 Å². The predicted octanol–water partition coefficient (Wildman–Crippen LogP) is 0.486. The van der Waals surface area contributed by atoms with Crippen LogP contribution in [0.2, 0.25) is 0 Å². The fraction of sp³-hybridized carbons (Fsp3) is 0.500. The number of carbonyl (C=O) groups excluding carboxylic acids is 1. The molecule has 0 radical (unpaired) electrons. The molecule has 0 aromatic carbocycles. The fourth-order valence-electron chi connectivity index (χ4n) is 1.98. The Morgan fingerprint density at radius 3 is 2.94 bits per heavy atom. The van der Waals surface area contributed by atoms with Gasteiger partial charge in [0.2, 0.25) is 0 Å². The van der Waals surface area contributed by atoms with E-state index in [1.807, 2.05) is 0 Å². The molecule has 1 aromatic rings. The van der Waals surface area contributed by atoms with Crippen LogP contribution in [0.4, 0.5) is 5.82 Å². The van der Waals surface area contributed by atoms with Gasteiger partial charge in [-0.2, -0.15) is 0 Å². The van der Waals surface area contributed by atoms with Gasteiger partial charge in [0, 0.05) is 25.2 Å². The van der Waals surface area contributed by atoms with Crippen LogP contribution in [-0.2, 0) is 0 Å². The lowest BCUT2D eigenvalue weighted by Gasteiger charge is -2.29. The molecule has 1 aromatic heterocycles. The molecule has 1 fully saturated rings. The van der Waals surface area contributed by atoms with Crippen molar-refractivity contribution in [1.82, 2.24) is 9.88 Å². The molecule has 2 heterocycles. The smallest absolute Gasteiger partial charge is 0.321 e. The van der Waals surface area contributed by atoms with Gasteiger partial charge in [-0.3, -0.25) is 4.79 Å². The number of nitrogens with one attached hydrogen (secondary N) is 1. The molecule has 0 aliphatic carbocycles. The van der Waals surface area contributed by atoms with Gasteiger partial charge in [0.05, 0.1) is 0 Å². The molecule has 1 saturated heterocycles. The van der Waals surface area contributed by atoms with Gasteiger partial charge in [0.15, 0.2) is 5.69 Å². The van der Waals surface area contributed by atoms with Gasteiger partial charge in [-0.25, -0.2) is 4.98 Å². The van der Waals surface area contributed by atoms with Crippen molar-refractivity contribution in [3.05, 3.63) is 27.9 Å². The third-order valence-electron chi connectivity index (χ3n) is 2.84. The van der Waals surface area contributed by atoms with Crippen molar-refractivity contribution in [3.63, 3.8) is 0 Å². The van der Waals surface area contributed by atoms with Gasteiger partial charge in [0.1, 0.15) is 0 Å². The van der Waals surface area contributed by atoms with Crippen LogP contribution in [0.1, 0.15) is 23.3 Å². The lowest BCUT2D eigenvalue weighted by atomic mass is 10.1. The van der Waals surface area contributed by atoms with E-state index < -0.39 is 4.92 Å². The second-order valence-electron chi connectivity index (χ2n) is 4.17. The summed E-state index contributed by atoms with van der Waals surface area (Å²) < 4.78 is 0. The number of amides is 1. The van der Waals surface area contributed by atoms with Crippen molar-refractivity contribution in [3.8, 4) is 0 Å². The number of likely N-dealkylation sites (tertiary alicyclic amines) is 1. The quantitative estimate of drug-likeness (QED) is 0.577. The Balaban J connectivity index is 2.10. The number of aromatic amines is 1. The molecular weight excluding hydrogens is 224 g/mol. The minimum Gasteiger partial charge on any atom is -0.358 e. The Morgan fingerprint density at radius 1 is 1.59 bits per heavy atom. The summed E-state index contributed by atoms with van der Waals surface area (Å²) >= 11 is 0. The van der Waals surface area contributed by atoms with Crippen LogP contribution in [0, 0.1) is 10.1 Å². The molecule has 1 atom stereocenters. The largest absolute Gasteiger partial charge is 0.358 e. The number of nitro groups is 1. The standard InChI is InChI=1S/C10H14N4O3/c11-7-2-1-5-13(6-7)10(15)8-3-4-9(12-8)14(16)17/h3-4,7,12H,1-2,5-6,11H2. The number of aromatic nitrogens is 1. The molecule has 3 N–H and O–H groups in total. The fourth-order valence-corrected chi connectivity index (χ4v) is 1.98. The van der Waals surface area contributed by atoms with E-state index in [1.165, 1.54) is 12.1 Å². The summed E-state index contributed by atoms with van der Waals surface area (Å²) in [6, 6.07) is 2.72. The van der Waals surface area contributed by atoms with Gasteiger partial charge >= 0.3 is 5.82 Å². The number of rotatable bonds is 2. The number of H-pyrrole nitrogens is 1. The van der Waals surface area contributed by atoms with Gasteiger partial charge in [-0.1, -0.05) is 0 Å². The van der Waals surface area contributed by atoms with Crippen molar-refractivity contribution in [2.24, 2.45) is 5.73 Å². The van der Waals surface area contributed by atoms with E-state index in [9.17, 15) is 14.9 Å². The molecule has 1 aliphatic heterocycles. The Hall–Kier alpha value is -1.89. The maximum atomic E-state index is 12.0. The summed E-state index contributed by atoms with van der Waals surface area (Å²) in [4.78, 5) is 26.1. The highest BCUT2D eigenvalue weighted by molar-refractivity contribution is 5.93. The number of hydrogen-bond acceptors (Lipinski definition) is 4. The summed E-state index contributed by atoms with van der Waals surface area (Å²) in [5, 5.41) is 10.5. The molecule has 7 nitrogen and oxygen atoms in total. The van der Waals surface area contributed by atoms with E-state index in [1.54, 1.807) is 4.90 Å². The minimum absolute atomic E-state index is 0.00218. The number of nitrogens with zero attached hydrogens (tertiary/aromatic N) is 2. The van der Waals surface area contributed by atoms with E-state index in [2.05, 4.69) is 4.98 Å². The lowest BCUT2D eigenvalue weighted by molar-refractivity contribution is -0.389. The highest BCUT2D eigenvalue weighted by Crippen LogP contribution is 2.15. The van der Waals surface area contributed by atoms with Crippen molar-refractivity contribution in [1.29, 1.82) is 0 Å². The zero-order valence-corrected chi connectivity index (χ0v) is 9.26. The number of hydrogen-bond donors (Lipinski definition) is 2. The van der Waals surface area contributed by atoms with Crippen LogP contribution < -0.4 is 5.73 Å². The maximum Gasteiger partial charge on any atom is 0.321 e. The Labute approximate surface area is 97.7 Å². The number of carbonyl (C=O) groups is 1. The first kappa shape index (κ1) is 11.6. The van der Waals surface area contributed by atoms with Crippen LogP contribution in [0.25, 0.3) is 0 Å². The molecule has 2 rings (SSSR count). The highest BCUT2D eigenvalue weighted by Gasteiger charge is 2.25. The summed E-state index contributed by atoms with van der Waals surface area (Å²) in [5.41, 5.74) is 6.02. The molecule has 1 unspecified atom stereocenters. The van der Waals surface area contributed by atoms with Gasteiger partial charge < -0.3 is 20.7 Å². The average molecular weight is 238 g/mol. The van der Waals surface area contributed by atoms with Crippen molar-refractivity contribution < 1.29 is 9.72 Å². The monoisotopic (exact) mass is 238 g/mol. The van der Waals surface area contributed by atoms with E-state index in [-0.39, 0.29) is 23.5 Å². The summed E-state index contributed by atoms with van der Waals surface area (Å²) in [6.45, 7) is 1.16. The lowest BCUT2D eigenvalue weighted by Crippen LogP contribution is -2.45. The Morgan fingerprint density at radius 2 is 2.35 bits per heavy atom. The van der Waals surface area contributed by atoms with Crippen LogP contribution in [0.5, 0.6) is 0 Å². The third-order valence-corrected chi connectivity index (χ3v) is 2.84. The van der Waals surface area contributed by atoms with E-state index >= 15 is 0 Å². The maximum absolute atomic E-state index is 12.0. The number of nitrogens with two attached hydrogens (primary N) is 1. The zero-order valence-electron chi connectivity index (χ0n) is 9.26. The summed E-state index contributed by atoms with van der Waals surface area (Å²) in [7, 11) is 0. The molecular formula is C10H14N4O3. The third kappa shape index (κ3) is 2.44. The average Bonchev–Trinajstić information content (AvgIpc) is 2.77. The minimum atomic E-state index is -0.557. The van der Waals surface area contributed by atoms with E-state index in [0.29, 0.717) is 13.1 Å². The first-order valence-corrected chi connectivity index (χ1v) is 5.46. The SMILES string of the molecule is NC1CCCN(C(=O)c2ccc([N+](=O)[O-])[nH]2)C1. The Bertz CT molecular complexity index is 443. The topological polar surface area (TPSA) is 105 Å². The second-order valence-corrected chi connectivity index (χ2v) is 4.17. The zero-order chi connectivity index (χ0) is 12.4. The normalized spacial score (nSPS) is 20.3. The summed E-state index contributed by atoms with van der Waals surface area (Å²) in [6.07, 6.45) is 1.78. The van der Waals surface area contributed by atoms with Crippen LogP contribution in [0.15, 0.2) is 12.1 Å². The van der Waals surface area contributed by atoms with Crippen LogP contribution in [0.3, 0.4) is 0 Å². The molecule has 0 bridgehead atoms.